The molecule has 0 amide bonds. The Morgan fingerprint density at radius 1 is 0.618 bits per heavy atom. The van der Waals surface area contributed by atoms with Gasteiger partial charge in [-0.25, -0.2) is 4.79 Å². The zero-order valence-electron chi connectivity index (χ0n) is 20.7. The summed E-state index contributed by atoms with van der Waals surface area (Å²) in [5, 5.41) is 0. The van der Waals surface area contributed by atoms with Gasteiger partial charge in [-0.2, -0.15) is 0 Å². The van der Waals surface area contributed by atoms with Crippen LogP contribution >= 0.6 is 0 Å². The van der Waals surface area contributed by atoms with Crippen LogP contribution in [0.25, 0.3) is 11.1 Å². The van der Waals surface area contributed by atoms with Gasteiger partial charge in [0.25, 0.3) is 0 Å². The summed E-state index contributed by atoms with van der Waals surface area (Å²) in [6.45, 7) is 5.19. The Bertz CT molecular complexity index is 973. The van der Waals surface area contributed by atoms with Gasteiger partial charge in [0, 0.05) is 0 Å². The van der Waals surface area contributed by atoms with Crippen LogP contribution in [0.15, 0.2) is 72.8 Å². The highest BCUT2D eigenvalue weighted by atomic mass is 16.5. The summed E-state index contributed by atoms with van der Waals surface area (Å²) in [6, 6.07) is 23.5. The van der Waals surface area contributed by atoms with E-state index in [0.717, 1.165) is 36.3 Å². The van der Waals surface area contributed by atoms with Crippen LogP contribution in [0.3, 0.4) is 0 Å². The lowest BCUT2D eigenvalue weighted by atomic mass is 10.0. The Hall–Kier alpha value is -3.07. The first-order chi connectivity index (χ1) is 16.7. The zero-order chi connectivity index (χ0) is 24.0. The number of hydrogen-bond donors (Lipinski definition) is 0. The summed E-state index contributed by atoms with van der Waals surface area (Å²) in [4.78, 5) is 12.5. The van der Waals surface area contributed by atoms with Crippen molar-refractivity contribution in [1.82, 2.24) is 0 Å². The van der Waals surface area contributed by atoms with Crippen molar-refractivity contribution >= 4 is 5.97 Å². The largest absolute Gasteiger partial charge is 0.494 e. The number of esters is 1. The van der Waals surface area contributed by atoms with Crippen molar-refractivity contribution in [3.05, 3.63) is 83.9 Å². The third-order valence-corrected chi connectivity index (χ3v) is 6.03. The van der Waals surface area contributed by atoms with Gasteiger partial charge < -0.3 is 9.47 Å². The molecule has 0 aliphatic carbocycles. The van der Waals surface area contributed by atoms with Crippen molar-refractivity contribution in [2.45, 2.75) is 71.6 Å². The maximum absolute atomic E-state index is 12.5. The van der Waals surface area contributed by atoms with E-state index in [2.05, 4.69) is 26.0 Å². The highest BCUT2D eigenvalue weighted by Crippen LogP contribution is 2.24. The molecule has 0 N–H and O–H groups in total. The number of unbranched alkanes of at least 4 members (excludes halogenated alkanes) is 6. The number of carbonyl (C=O) groups is 1. The normalized spacial score (nSPS) is 10.8. The molecule has 0 saturated heterocycles. The van der Waals surface area contributed by atoms with Crippen LogP contribution in [0.5, 0.6) is 11.5 Å². The van der Waals surface area contributed by atoms with Crippen molar-refractivity contribution in [1.29, 1.82) is 0 Å². The second-order valence-corrected chi connectivity index (χ2v) is 8.85. The lowest BCUT2D eigenvalue weighted by molar-refractivity contribution is 0.0734. The molecule has 0 unspecified atom stereocenters. The molecule has 3 heteroatoms. The third kappa shape index (κ3) is 8.37. The zero-order valence-corrected chi connectivity index (χ0v) is 20.7. The number of carbonyl (C=O) groups excluding carboxylic acids is 1. The summed E-state index contributed by atoms with van der Waals surface area (Å²) < 4.78 is 11.4. The molecule has 0 spiro atoms. The molecule has 0 atom stereocenters. The fourth-order valence-electron chi connectivity index (χ4n) is 3.89. The fraction of sp³-hybridized carbons (Fsp3) is 0.387. The van der Waals surface area contributed by atoms with E-state index in [1.165, 1.54) is 50.5 Å². The number of hydrogen-bond acceptors (Lipinski definition) is 3. The number of benzene rings is 3. The van der Waals surface area contributed by atoms with Crippen LogP contribution in [0, 0.1) is 0 Å². The van der Waals surface area contributed by atoms with Crippen LogP contribution in [0.4, 0.5) is 0 Å². The number of rotatable bonds is 14. The smallest absolute Gasteiger partial charge is 0.343 e. The molecule has 0 heterocycles. The number of aryl methyl sites for hydroxylation is 1. The van der Waals surface area contributed by atoms with Gasteiger partial charge in [-0.15, -0.1) is 0 Å². The highest BCUT2D eigenvalue weighted by molar-refractivity contribution is 5.91. The van der Waals surface area contributed by atoms with Gasteiger partial charge in [-0.05, 0) is 72.4 Å². The predicted octanol–water partition coefficient (Wildman–Crippen LogP) is 8.65. The van der Waals surface area contributed by atoms with E-state index < -0.39 is 0 Å². The van der Waals surface area contributed by atoms with Gasteiger partial charge in [-0.3, -0.25) is 0 Å². The van der Waals surface area contributed by atoms with Crippen molar-refractivity contribution < 1.29 is 14.3 Å². The van der Waals surface area contributed by atoms with Gasteiger partial charge in [0.1, 0.15) is 11.5 Å². The van der Waals surface area contributed by atoms with E-state index in [0.29, 0.717) is 11.3 Å². The van der Waals surface area contributed by atoms with E-state index in [1.807, 2.05) is 60.7 Å². The molecule has 3 aromatic rings. The van der Waals surface area contributed by atoms with E-state index in [-0.39, 0.29) is 5.97 Å². The van der Waals surface area contributed by atoms with E-state index >= 15 is 0 Å². The molecule has 180 valence electrons. The average Bonchev–Trinajstić information content (AvgIpc) is 2.88. The Morgan fingerprint density at radius 2 is 1.18 bits per heavy atom. The van der Waals surface area contributed by atoms with Gasteiger partial charge in [0.05, 0.1) is 12.2 Å². The molecule has 0 aliphatic heterocycles. The minimum Gasteiger partial charge on any atom is -0.494 e. The molecule has 3 aromatic carbocycles. The first-order valence-corrected chi connectivity index (χ1v) is 12.8. The van der Waals surface area contributed by atoms with Crippen LogP contribution in [0.2, 0.25) is 0 Å². The van der Waals surface area contributed by atoms with Crippen molar-refractivity contribution in [3.63, 3.8) is 0 Å². The molecule has 0 saturated carbocycles. The summed E-state index contributed by atoms with van der Waals surface area (Å²) >= 11 is 0. The summed E-state index contributed by atoms with van der Waals surface area (Å²) in [7, 11) is 0. The second kappa shape index (κ2) is 14.2. The Morgan fingerprint density at radius 3 is 1.82 bits per heavy atom. The van der Waals surface area contributed by atoms with Crippen LogP contribution in [-0.4, -0.2) is 12.6 Å². The van der Waals surface area contributed by atoms with Gasteiger partial charge in [0.15, 0.2) is 0 Å². The SMILES string of the molecule is CCCCCCCCOc1ccc(-c2ccc(C(=O)Oc3ccc(CCCC)cc3)cc2)cc1. The minimum atomic E-state index is -0.341. The minimum absolute atomic E-state index is 0.341. The lowest BCUT2D eigenvalue weighted by Gasteiger charge is -2.09. The molecule has 3 nitrogen and oxygen atoms in total. The number of ether oxygens (including phenoxy) is 2. The van der Waals surface area contributed by atoms with Gasteiger partial charge in [-0.1, -0.05) is 88.8 Å². The molecule has 0 bridgehead atoms. The molecule has 0 aliphatic rings. The van der Waals surface area contributed by atoms with E-state index in [1.54, 1.807) is 0 Å². The average molecular weight is 459 g/mol. The highest BCUT2D eigenvalue weighted by Gasteiger charge is 2.09. The Labute approximate surface area is 205 Å². The molecule has 0 aromatic heterocycles. The van der Waals surface area contributed by atoms with Crippen LogP contribution < -0.4 is 9.47 Å². The fourth-order valence-corrected chi connectivity index (χ4v) is 3.89. The van der Waals surface area contributed by atoms with Gasteiger partial charge >= 0.3 is 5.97 Å². The quantitative estimate of drug-likeness (QED) is 0.138. The second-order valence-electron chi connectivity index (χ2n) is 8.85. The lowest BCUT2D eigenvalue weighted by Crippen LogP contribution is -2.08. The van der Waals surface area contributed by atoms with Crippen molar-refractivity contribution in [3.8, 4) is 22.6 Å². The molecule has 34 heavy (non-hydrogen) atoms. The van der Waals surface area contributed by atoms with Crippen molar-refractivity contribution in [2.75, 3.05) is 6.61 Å². The maximum Gasteiger partial charge on any atom is 0.343 e. The summed E-state index contributed by atoms with van der Waals surface area (Å²) in [6.07, 6.45) is 11.0. The molecular weight excluding hydrogens is 420 g/mol. The molecule has 0 radical (unpaired) electrons. The first kappa shape index (κ1) is 25.6. The first-order valence-electron chi connectivity index (χ1n) is 12.8. The summed E-state index contributed by atoms with van der Waals surface area (Å²) in [5.74, 6) is 1.13. The molecular formula is C31H38O3. The van der Waals surface area contributed by atoms with E-state index in [4.69, 9.17) is 9.47 Å². The van der Waals surface area contributed by atoms with Gasteiger partial charge in [0.2, 0.25) is 0 Å². The standard InChI is InChI=1S/C31H38O3/c1-3-5-7-8-9-10-24-33-29-22-18-27(19-23-29)26-14-16-28(17-15-26)31(32)34-30-20-12-25(13-21-30)11-6-4-2/h12-23H,3-11,24H2,1-2H3. The molecule has 3 rings (SSSR count). The van der Waals surface area contributed by atoms with E-state index in [9.17, 15) is 4.79 Å². The van der Waals surface area contributed by atoms with Crippen LogP contribution in [0.1, 0.15) is 81.1 Å². The Kier molecular flexibility index (Phi) is 10.7. The Balaban J connectivity index is 1.47. The topological polar surface area (TPSA) is 35.5 Å². The van der Waals surface area contributed by atoms with Crippen molar-refractivity contribution in [2.24, 2.45) is 0 Å². The summed E-state index contributed by atoms with van der Waals surface area (Å²) in [5.41, 5.74) is 3.95. The maximum atomic E-state index is 12.5. The third-order valence-electron chi connectivity index (χ3n) is 6.03. The monoisotopic (exact) mass is 458 g/mol. The predicted molar refractivity (Wildman–Crippen MR) is 141 cm³/mol. The van der Waals surface area contributed by atoms with Crippen LogP contribution in [-0.2, 0) is 6.42 Å². The molecule has 0 fully saturated rings.